The molecule has 1 aromatic heterocycles. The minimum absolute atomic E-state index is 0.103. The van der Waals surface area contributed by atoms with Crippen molar-refractivity contribution >= 4 is 21.4 Å². The molecule has 100 valence electrons. The van der Waals surface area contributed by atoms with Crippen molar-refractivity contribution in [3.8, 4) is 0 Å². The van der Waals surface area contributed by atoms with E-state index in [9.17, 15) is 8.42 Å². The third-order valence-electron chi connectivity index (χ3n) is 3.29. The van der Waals surface area contributed by atoms with E-state index in [-0.39, 0.29) is 6.04 Å². The fraction of sp³-hybridized carbons (Fsp3) is 0.286. The van der Waals surface area contributed by atoms with Crippen molar-refractivity contribution in [2.24, 2.45) is 5.92 Å². The van der Waals surface area contributed by atoms with Crippen LogP contribution in [0.15, 0.2) is 52.1 Å². The number of hydrogen-bond acceptors (Lipinski definition) is 3. The first-order chi connectivity index (χ1) is 9.17. The summed E-state index contributed by atoms with van der Waals surface area (Å²) in [5.41, 5.74) is 1.05. The zero-order valence-corrected chi connectivity index (χ0v) is 12.0. The van der Waals surface area contributed by atoms with Gasteiger partial charge in [-0.15, -0.1) is 11.3 Å². The quantitative estimate of drug-likeness (QED) is 0.920. The molecule has 1 aliphatic carbocycles. The van der Waals surface area contributed by atoms with Gasteiger partial charge in [0.05, 0.1) is 0 Å². The Labute approximate surface area is 117 Å². The number of hydrogen-bond donors (Lipinski definition) is 1. The van der Waals surface area contributed by atoms with Gasteiger partial charge in [0.2, 0.25) is 0 Å². The smallest absolute Gasteiger partial charge is 0.206 e. The second kappa shape index (κ2) is 5.07. The van der Waals surface area contributed by atoms with Crippen LogP contribution in [-0.4, -0.2) is 8.42 Å². The summed E-state index contributed by atoms with van der Waals surface area (Å²) in [6.07, 6.45) is 2.18. The summed E-state index contributed by atoms with van der Waals surface area (Å²) >= 11 is 1.25. The van der Waals surface area contributed by atoms with Gasteiger partial charge < -0.3 is 0 Å². The molecule has 1 atom stereocenters. The standard InChI is InChI=1S/C14H15NO2S2/c16-19(17,13-7-4-10-18-13)15-14(12-8-9-12)11-5-2-1-3-6-11/h1-7,10,12,14-15H,8-9H2. The molecule has 1 aromatic carbocycles. The van der Waals surface area contributed by atoms with E-state index in [4.69, 9.17) is 0 Å². The van der Waals surface area contributed by atoms with Gasteiger partial charge in [0.25, 0.3) is 10.0 Å². The number of nitrogens with one attached hydrogen (secondary N) is 1. The number of sulfonamides is 1. The summed E-state index contributed by atoms with van der Waals surface area (Å²) in [7, 11) is -3.40. The Morgan fingerprint density at radius 1 is 1.11 bits per heavy atom. The van der Waals surface area contributed by atoms with Crippen molar-refractivity contribution in [1.29, 1.82) is 0 Å². The van der Waals surface area contributed by atoms with Crippen LogP contribution in [0.2, 0.25) is 0 Å². The van der Waals surface area contributed by atoms with Crippen LogP contribution in [0.5, 0.6) is 0 Å². The molecule has 3 rings (SSSR count). The molecule has 1 heterocycles. The van der Waals surface area contributed by atoms with E-state index in [0.717, 1.165) is 18.4 Å². The molecule has 2 aromatic rings. The lowest BCUT2D eigenvalue weighted by Crippen LogP contribution is -2.29. The van der Waals surface area contributed by atoms with E-state index in [1.54, 1.807) is 17.5 Å². The van der Waals surface area contributed by atoms with Crippen molar-refractivity contribution in [2.75, 3.05) is 0 Å². The molecule has 0 radical (unpaired) electrons. The molecule has 1 unspecified atom stereocenters. The highest BCUT2D eigenvalue weighted by atomic mass is 32.2. The first-order valence-corrected chi connectivity index (χ1v) is 8.64. The maximum Gasteiger partial charge on any atom is 0.250 e. The van der Waals surface area contributed by atoms with Crippen molar-refractivity contribution in [3.05, 3.63) is 53.4 Å². The Hall–Kier alpha value is -1.17. The third-order valence-corrected chi connectivity index (χ3v) is 6.13. The maximum absolute atomic E-state index is 12.3. The van der Waals surface area contributed by atoms with Gasteiger partial charge in [0.1, 0.15) is 4.21 Å². The molecule has 0 saturated heterocycles. The zero-order chi connectivity index (χ0) is 13.3. The Balaban J connectivity index is 1.87. The third kappa shape index (κ3) is 2.88. The molecule has 0 spiro atoms. The van der Waals surface area contributed by atoms with Crippen LogP contribution in [-0.2, 0) is 10.0 Å². The number of thiophene rings is 1. The average Bonchev–Trinajstić information content (AvgIpc) is 3.09. The normalized spacial score (nSPS) is 17.3. The van der Waals surface area contributed by atoms with E-state index in [2.05, 4.69) is 4.72 Å². The molecule has 1 aliphatic rings. The largest absolute Gasteiger partial charge is 0.250 e. The first kappa shape index (κ1) is 12.8. The summed E-state index contributed by atoms with van der Waals surface area (Å²) in [5, 5.41) is 1.78. The lowest BCUT2D eigenvalue weighted by atomic mass is 10.0. The minimum Gasteiger partial charge on any atom is -0.206 e. The molecule has 5 heteroatoms. The molecule has 0 bridgehead atoms. The maximum atomic E-state index is 12.3. The van der Waals surface area contributed by atoms with Gasteiger partial charge in [-0.05, 0) is 35.8 Å². The fourth-order valence-corrected chi connectivity index (χ4v) is 4.47. The summed E-state index contributed by atoms with van der Waals surface area (Å²) in [5.74, 6) is 0.428. The summed E-state index contributed by atoms with van der Waals surface area (Å²) < 4.78 is 27.9. The Morgan fingerprint density at radius 2 is 1.84 bits per heavy atom. The molecule has 1 N–H and O–H groups in total. The van der Waals surface area contributed by atoms with E-state index in [1.807, 2.05) is 30.3 Å². The van der Waals surface area contributed by atoms with Crippen molar-refractivity contribution in [2.45, 2.75) is 23.1 Å². The monoisotopic (exact) mass is 293 g/mol. The minimum atomic E-state index is -3.40. The lowest BCUT2D eigenvalue weighted by molar-refractivity contribution is 0.530. The van der Waals surface area contributed by atoms with Gasteiger partial charge in [-0.3, -0.25) is 0 Å². The number of benzene rings is 1. The van der Waals surface area contributed by atoms with Gasteiger partial charge >= 0.3 is 0 Å². The van der Waals surface area contributed by atoms with E-state index >= 15 is 0 Å². The Bertz CT molecular complexity index is 631. The zero-order valence-electron chi connectivity index (χ0n) is 10.3. The van der Waals surface area contributed by atoms with Crippen molar-refractivity contribution in [1.82, 2.24) is 4.72 Å². The van der Waals surface area contributed by atoms with Crippen LogP contribution in [0.1, 0.15) is 24.4 Å². The van der Waals surface area contributed by atoms with Crippen LogP contribution in [0.3, 0.4) is 0 Å². The van der Waals surface area contributed by atoms with Crippen LogP contribution in [0.4, 0.5) is 0 Å². The van der Waals surface area contributed by atoms with E-state index in [0.29, 0.717) is 10.1 Å². The number of rotatable bonds is 5. The first-order valence-electron chi connectivity index (χ1n) is 6.27. The molecule has 0 amide bonds. The van der Waals surface area contributed by atoms with E-state index in [1.165, 1.54) is 11.3 Å². The molecular weight excluding hydrogens is 278 g/mol. The summed E-state index contributed by atoms with van der Waals surface area (Å²) in [6, 6.07) is 13.1. The van der Waals surface area contributed by atoms with Gasteiger partial charge in [-0.25, -0.2) is 13.1 Å². The predicted octanol–water partition coefficient (Wildman–Crippen LogP) is 3.18. The van der Waals surface area contributed by atoms with Gasteiger partial charge in [-0.2, -0.15) is 0 Å². The van der Waals surface area contributed by atoms with E-state index < -0.39 is 10.0 Å². The Morgan fingerprint density at radius 3 is 2.42 bits per heavy atom. The van der Waals surface area contributed by atoms with Gasteiger partial charge in [0.15, 0.2) is 0 Å². The molecule has 0 aliphatic heterocycles. The Kier molecular flexibility index (Phi) is 3.43. The lowest BCUT2D eigenvalue weighted by Gasteiger charge is -2.18. The SMILES string of the molecule is O=S(=O)(NC(c1ccccc1)C1CC1)c1cccs1. The average molecular weight is 293 g/mol. The highest BCUT2D eigenvalue weighted by molar-refractivity contribution is 7.91. The van der Waals surface area contributed by atoms with Gasteiger partial charge in [0, 0.05) is 6.04 Å². The van der Waals surface area contributed by atoms with Crippen LogP contribution >= 0.6 is 11.3 Å². The van der Waals surface area contributed by atoms with Crippen LogP contribution in [0.25, 0.3) is 0 Å². The highest BCUT2D eigenvalue weighted by Gasteiger charge is 2.35. The van der Waals surface area contributed by atoms with Crippen molar-refractivity contribution < 1.29 is 8.42 Å². The van der Waals surface area contributed by atoms with Crippen LogP contribution in [0, 0.1) is 5.92 Å². The second-order valence-corrected chi connectivity index (χ2v) is 7.67. The fourth-order valence-electron chi connectivity index (χ4n) is 2.17. The molecule has 3 nitrogen and oxygen atoms in total. The second-order valence-electron chi connectivity index (χ2n) is 4.78. The summed E-state index contributed by atoms with van der Waals surface area (Å²) in [4.78, 5) is 0. The highest BCUT2D eigenvalue weighted by Crippen LogP contribution is 2.41. The predicted molar refractivity (Wildman–Crippen MR) is 76.5 cm³/mol. The van der Waals surface area contributed by atoms with Crippen LogP contribution < -0.4 is 4.72 Å². The van der Waals surface area contributed by atoms with Gasteiger partial charge in [-0.1, -0.05) is 36.4 Å². The topological polar surface area (TPSA) is 46.2 Å². The molecular formula is C14H15NO2S2. The molecule has 1 saturated carbocycles. The van der Waals surface area contributed by atoms with Crippen molar-refractivity contribution in [3.63, 3.8) is 0 Å². The molecule has 1 fully saturated rings. The molecule has 19 heavy (non-hydrogen) atoms. The summed E-state index contributed by atoms with van der Waals surface area (Å²) in [6.45, 7) is 0.